The third-order valence-electron chi connectivity index (χ3n) is 6.86. The van der Waals surface area contributed by atoms with E-state index < -0.39 is 17.5 Å². The molecule has 1 fully saturated rings. The third kappa shape index (κ3) is 4.37. The Labute approximate surface area is 202 Å². The van der Waals surface area contributed by atoms with Crippen molar-refractivity contribution in [3.8, 4) is 11.1 Å². The predicted octanol–water partition coefficient (Wildman–Crippen LogP) is 3.57. The molecule has 0 bridgehead atoms. The Bertz CT molecular complexity index is 1260. The topological polar surface area (TPSA) is 114 Å². The zero-order valence-electron chi connectivity index (χ0n) is 19.3. The van der Waals surface area contributed by atoms with E-state index in [0.29, 0.717) is 18.7 Å². The Morgan fingerprint density at radius 3 is 2.40 bits per heavy atom. The molecule has 5 rings (SSSR count). The summed E-state index contributed by atoms with van der Waals surface area (Å²) < 4.78 is 6.96. The van der Waals surface area contributed by atoms with Crippen LogP contribution in [0.5, 0.6) is 0 Å². The molecule has 9 heteroatoms. The molecular weight excluding hydrogens is 448 g/mol. The maximum atomic E-state index is 12.6. The van der Waals surface area contributed by atoms with Gasteiger partial charge in [0.05, 0.1) is 17.3 Å². The molecule has 2 amide bonds. The molecule has 0 radical (unpaired) electrons. The van der Waals surface area contributed by atoms with Crippen LogP contribution in [0.2, 0.25) is 0 Å². The van der Waals surface area contributed by atoms with E-state index in [2.05, 4.69) is 34.7 Å². The number of nitrogens with zero attached hydrogens (tertiary/aromatic N) is 3. The highest BCUT2D eigenvalue weighted by molar-refractivity contribution is 5.85. The van der Waals surface area contributed by atoms with Crippen molar-refractivity contribution in [2.75, 3.05) is 25.0 Å². The quantitative estimate of drug-likeness (QED) is 0.565. The van der Waals surface area contributed by atoms with E-state index in [-0.39, 0.29) is 31.5 Å². The van der Waals surface area contributed by atoms with Crippen LogP contribution in [0, 0.1) is 5.41 Å². The molecule has 2 aliphatic rings. The third-order valence-corrected chi connectivity index (χ3v) is 6.86. The molecule has 35 heavy (non-hydrogen) atoms. The molecule has 1 aliphatic heterocycles. The van der Waals surface area contributed by atoms with Gasteiger partial charge < -0.3 is 14.7 Å². The van der Waals surface area contributed by atoms with Crippen LogP contribution in [0.15, 0.2) is 60.9 Å². The second kappa shape index (κ2) is 8.90. The highest BCUT2D eigenvalue weighted by Crippen LogP contribution is 2.44. The zero-order valence-corrected chi connectivity index (χ0v) is 19.3. The molecule has 1 unspecified atom stereocenters. The number of likely N-dealkylation sites (tertiary alicyclic amines) is 1. The Kier molecular flexibility index (Phi) is 5.76. The summed E-state index contributed by atoms with van der Waals surface area (Å²) in [5.74, 6) is -1.15. The summed E-state index contributed by atoms with van der Waals surface area (Å²) in [7, 11) is 0. The molecule has 2 aromatic carbocycles. The van der Waals surface area contributed by atoms with Gasteiger partial charge in [-0.05, 0) is 35.6 Å². The lowest BCUT2D eigenvalue weighted by Crippen LogP contribution is -2.36. The maximum Gasteiger partial charge on any atom is 0.411 e. The summed E-state index contributed by atoms with van der Waals surface area (Å²) in [5.41, 5.74) is 4.07. The number of carboxylic acid groups (broad SMARTS) is 1. The lowest BCUT2D eigenvalue weighted by Gasteiger charge is -2.20. The van der Waals surface area contributed by atoms with Gasteiger partial charge in [0.2, 0.25) is 5.91 Å². The number of nitrogens with one attached hydrogen (secondary N) is 1. The molecule has 1 aromatic heterocycles. The van der Waals surface area contributed by atoms with Crippen molar-refractivity contribution < 1.29 is 24.2 Å². The highest BCUT2D eigenvalue weighted by atomic mass is 16.5. The minimum Gasteiger partial charge on any atom is -0.481 e. The molecule has 3 aromatic rings. The van der Waals surface area contributed by atoms with Crippen molar-refractivity contribution in [3.63, 3.8) is 0 Å². The first kappa shape index (κ1) is 22.6. The molecule has 2 N–H and O–H groups in total. The van der Waals surface area contributed by atoms with Gasteiger partial charge in [-0.1, -0.05) is 48.5 Å². The fourth-order valence-corrected chi connectivity index (χ4v) is 4.85. The molecule has 1 aliphatic carbocycles. The van der Waals surface area contributed by atoms with Crippen LogP contribution < -0.4 is 5.32 Å². The normalized spacial score (nSPS) is 18.7. The SMILES string of the molecule is CC1(C(=O)O)CCN(C(=O)Cn2cc(NC(=O)OCC3c4ccccc4-c4ccccc43)cn2)C1. The summed E-state index contributed by atoms with van der Waals surface area (Å²) in [6.45, 7) is 2.37. The molecule has 2 heterocycles. The average molecular weight is 475 g/mol. The summed E-state index contributed by atoms with van der Waals surface area (Å²) in [6.07, 6.45) is 2.81. The Morgan fingerprint density at radius 2 is 1.77 bits per heavy atom. The number of fused-ring (bicyclic) bond motifs is 3. The number of ether oxygens (including phenoxy) is 1. The van der Waals surface area contributed by atoms with E-state index in [1.54, 1.807) is 13.1 Å². The molecular formula is C26H26N4O5. The Balaban J connectivity index is 1.16. The number of carbonyl (C=O) groups is 3. The molecule has 0 saturated carbocycles. The van der Waals surface area contributed by atoms with Crippen LogP contribution in [0.1, 0.15) is 30.4 Å². The average Bonchev–Trinajstić information content (AvgIpc) is 3.54. The van der Waals surface area contributed by atoms with Gasteiger partial charge in [-0.15, -0.1) is 0 Å². The van der Waals surface area contributed by atoms with Crippen molar-refractivity contribution in [1.82, 2.24) is 14.7 Å². The predicted molar refractivity (Wildman–Crippen MR) is 128 cm³/mol. The van der Waals surface area contributed by atoms with Crippen molar-refractivity contribution in [2.24, 2.45) is 5.41 Å². The maximum absolute atomic E-state index is 12.6. The van der Waals surface area contributed by atoms with Crippen LogP contribution >= 0.6 is 0 Å². The van der Waals surface area contributed by atoms with Gasteiger partial charge in [0.1, 0.15) is 13.2 Å². The number of rotatable bonds is 6. The van der Waals surface area contributed by atoms with Crippen molar-refractivity contribution in [1.29, 1.82) is 0 Å². The first-order valence-electron chi connectivity index (χ1n) is 11.5. The largest absolute Gasteiger partial charge is 0.481 e. The van der Waals surface area contributed by atoms with Gasteiger partial charge >= 0.3 is 12.1 Å². The van der Waals surface area contributed by atoms with Crippen LogP contribution in [-0.4, -0.2) is 57.5 Å². The highest BCUT2D eigenvalue weighted by Gasteiger charge is 2.42. The summed E-state index contributed by atoms with van der Waals surface area (Å²) >= 11 is 0. The van der Waals surface area contributed by atoms with Crippen molar-refractivity contribution >= 4 is 23.7 Å². The molecule has 1 saturated heterocycles. The van der Waals surface area contributed by atoms with E-state index >= 15 is 0 Å². The molecule has 0 spiro atoms. The number of carboxylic acids is 1. The molecule has 1 atom stereocenters. The smallest absolute Gasteiger partial charge is 0.411 e. The number of benzene rings is 2. The van der Waals surface area contributed by atoms with Gasteiger partial charge in [0.25, 0.3) is 0 Å². The van der Waals surface area contributed by atoms with E-state index in [1.165, 1.54) is 15.8 Å². The van der Waals surface area contributed by atoms with E-state index in [4.69, 9.17) is 4.74 Å². The second-order valence-electron chi connectivity index (χ2n) is 9.31. The Morgan fingerprint density at radius 1 is 1.11 bits per heavy atom. The Hall–Kier alpha value is -4.14. The number of anilines is 1. The molecule has 180 valence electrons. The standard InChI is InChI=1S/C26H26N4O5/c1-26(24(32)33)10-11-29(16-26)23(31)14-30-13-17(12-27-30)28-25(34)35-15-22-20-8-4-2-6-18(20)19-7-3-5-9-21(19)22/h2-9,12-13,22H,10-11,14-16H2,1H3,(H,28,34)(H,32,33). The summed E-state index contributed by atoms with van der Waals surface area (Å²) in [4.78, 5) is 38.0. The first-order valence-corrected chi connectivity index (χ1v) is 11.5. The number of hydrogen-bond donors (Lipinski definition) is 2. The number of aliphatic carboxylic acids is 1. The van der Waals surface area contributed by atoms with Gasteiger partial charge in [-0.3, -0.25) is 19.6 Å². The first-order chi connectivity index (χ1) is 16.8. The van der Waals surface area contributed by atoms with Crippen LogP contribution in [0.25, 0.3) is 11.1 Å². The zero-order chi connectivity index (χ0) is 24.6. The van der Waals surface area contributed by atoms with Gasteiger partial charge in [-0.2, -0.15) is 5.10 Å². The van der Waals surface area contributed by atoms with Crippen LogP contribution in [0.4, 0.5) is 10.5 Å². The minimum absolute atomic E-state index is 0.0366. The van der Waals surface area contributed by atoms with E-state index in [0.717, 1.165) is 22.3 Å². The van der Waals surface area contributed by atoms with Crippen molar-refractivity contribution in [3.05, 3.63) is 72.1 Å². The van der Waals surface area contributed by atoms with Crippen LogP contribution in [-0.2, 0) is 20.9 Å². The number of amides is 2. The van der Waals surface area contributed by atoms with Gasteiger partial charge in [0.15, 0.2) is 0 Å². The number of aromatic nitrogens is 2. The van der Waals surface area contributed by atoms with Crippen LogP contribution in [0.3, 0.4) is 0 Å². The van der Waals surface area contributed by atoms with Crippen molar-refractivity contribution in [2.45, 2.75) is 25.8 Å². The monoisotopic (exact) mass is 474 g/mol. The van der Waals surface area contributed by atoms with E-state index in [9.17, 15) is 19.5 Å². The number of carbonyl (C=O) groups excluding carboxylic acids is 2. The fraction of sp³-hybridized carbons (Fsp3) is 0.308. The minimum atomic E-state index is -0.920. The van der Waals surface area contributed by atoms with Gasteiger partial charge in [0, 0.05) is 25.2 Å². The summed E-state index contributed by atoms with van der Waals surface area (Å²) in [6, 6.07) is 16.2. The lowest BCUT2D eigenvalue weighted by atomic mass is 9.90. The fourth-order valence-electron chi connectivity index (χ4n) is 4.85. The number of hydrogen-bond acceptors (Lipinski definition) is 5. The summed E-state index contributed by atoms with van der Waals surface area (Å²) in [5, 5.41) is 16.1. The molecule has 9 nitrogen and oxygen atoms in total. The van der Waals surface area contributed by atoms with E-state index in [1.807, 2.05) is 24.3 Å². The lowest BCUT2D eigenvalue weighted by molar-refractivity contribution is -0.147. The van der Waals surface area contributed by atoms with Gasteiger partial charge in [-0.25, -0.2) is 4.79 Å². The second-order valence-corrected chi connectivity index (χ2v) is 9.31.